The molecular weight excluding hydrogens is 349 g/mol. The van der Waals surface area contributed by atoms with Crippen LogP contribution in [0.5, 0.6) is 5.75 Å². The third kappa shape index (κ3) is 3.40. The van der Waals surface area contributed by atoms with Gasteiger partial charge in [-0.05, 0) is 53.8 Å². The maximum absolute atomic E-state index is 14.3. The lowest BCUT2D eigenvalue weighted by Crippen LogP contribution is -1.98. The Hall–Kier alpha value is -2.52. The summed E-state index contributed by atoms with van der Waals surface area (Å²) in [5, 5.41) is 11.3. The third-order valence-electron chi connectivity index (χ3n) is 4.50. The van der Waals surface area contributed by atoms with E-state index in [2.05, 4.69) is 0 Å². The Kier molecular flexibility index (Phi) is 4.92. The van der Waals surface area contributed by atoms with Gasteiger partial charge in [-0.2, -0.15) is 0 Å². The van der Waals surface area contributed by atoms with Crippen LogP contribution in [-0.2, 0) is 0 Å². The first-order valence-electron chi connectivity index (χ1n) is 8.46. The molecule has 0 aliphatic carbocycles. The summed E-state index contributed by atoms with van der Waals surface area (Å²) in [6.45, 7) is 5.97. The first-order valence-corrected chi connectivity index (χ1v) is 8.84. The van der Waals surface area contributed by atoms with E-state index in [1.165, 1.54) is 12.1 Å². The number of benzene rings is 3. The number of rotatable bonds is 3. The fourth-order valence-corrected chi connectivity index (χ4v) is 3.35. The molecule has 4 heteroatoms. The van der Waals surface area contributed by atoms with E-state index in [0.717, 1.165) is 16.7 Å². The van der Waals surface area contributed by atoms with Crippen molar-refractivity contribution in [2.75, 3.05) is 5.73 Å². The molecule has 0 spiro atoms. The topological polar surface area (TPSA) is 46.2 Å². The van der Waals surface area contributed by atoms with E-state index < -0.39 is 5.82 Å². The van der Waals surface area contributed by atoms with Crippen molar-refractivity contribution in [1.29, 1.82) is 0 Å². The molecule has 0 fully saturated rings. The van der Waals surface area contributed by atoms with Crippen molar-refractivity contribution in [1.82, 2.24) is 0 Å². The fraction of sp³-hybridized carbons (Fsp3) is 0.182. The molecule has 0 saturated carbocycles. The molecule has 0 amide bonds. The second kappa shape index (κ2) is 7.00. The number of aryl methyl sites for hydroxylation is 1. The number of anilines is 1. The van der Waals surface area contributed by atoms with Crippen molar-refractivity contribution in [2.24, 2.45) is 0 Å². The molecule has 134 valence electrons. The number of nitrogens with two attached hydrogens (primary N) is 1. The average Bonchev–Trinajstić information content (AvgIpc) is 2.58. The molecule has 0 atom stereocenters. The van der Waals surface area contributed by atoms with Crippen LogP contribution in [0.4, 0.5) is 10.1 Å². The first-order chi connectivity index (χ1) is 12.3. The van der Waals surface area contributed by atoms with E-state index in [1.807, 2.05) is 51.1 Å². The van der Waals surface area contributed by atoms with Crippen molar-refractivity contribution in [2.45, 2.75) is 26.7 Å². The maximum atomic E-state index is 14.3. The van der Waals surface area contributed by atoms with Crippen molar-refractivity contribution in [3.8, 4) is 28.0 Å². The van der Waals surface area contributed by atoms with E-state index in [1.54, 1.807) is 6.07 Å². The number of hydrogen-bond acceptors (Lipinski definition) is 2. The average molecular weight is 370 g/mol. The van der Waals surface area contributed by atoms with Gasteiger partial charge >= 0.3 is 0 Å². The zero-order valence-corrected chi connectivity index (χ0v) is 15.7. The third-order valence-corrected chi connectivity index (χ3v) is 4.81. The summed E-state index contributed by atoms with van der Waals surface area (Å²) >= 11 is 6.28. The summed E-state index contributed by atoms with van der Waals surface area (Å²) in [4.78, 5) is 0. The first kappa shape index (κ1) is 18.3. The van der Waals surface area contributed by atoms with E-state index in [-0.39, 0.29) is 11.7 Å². The SMILES string of the molecule is Cc1cccc(-c2cc(F)cc(-c3cc(Cl)c(N)c(C(C)C)c3)c2O)c1. The van der Waals surface area contributed by atoms with Crippen molar-refractivity contribution >= 4 is 17.3 Å². The molecule has 26 heavy (non-hydrogen) atoms. The molecule has 0 bridgehead atoms. The molecule has 0 saturated heterocycles. The van der Waals surface area contributed by atoms with Gasteiger partial charge in [0.15, 0.2) is 0 Å². The Balaban J connectivity index is 2.24. The van der Waals surface area contributed by atoms with Crippen LogP contribution in [0.3, 0.4) is 0 Å². The summed E-state index contributed by atoms with van der Waals surface area (Å²) in [5.41, 5.74) is 10.7. The lowest BCUT2D eigenvalue weighted by Gasteiger charge is -2.16. The number of hydrogen-bond donors (Lipinski definition) is 2. The Morgan fingerprint density at radius 3 is 2.27 bits per heavy atom. The predicted molar refractivity (Wildman–Crippen MR) is 107 cm³/mol. The second-order valence-corrected chi connectivity index (χ2v) is 7.24. The Bertz CT molecular complexity index is 982. The van der Waals surface area contributed by atoms with Gasteiger partial charge in [0.2, 0.25) is 0 Å². The van der Waals surface area contributed by atoms with Gasteiger partial charge in [0.05, 0.1) is 10.7 Å². The normalized spacial score (nSPS) is 11.2. The summed E-state index contributed by atoms with van der Waals surface area (Å²) in [5.74, 6) is -0.250. The molecular formula is C22H21ClFNO. The van der Waals surface area contributed by atoms with Crippen LogP contribution >= 0.6 is 11.6 Å². The van der Waals surface area contributed by atoms with Gasteiger partial charge in [-0.3, -0.25) is 0 Å². The van der Waals surface area contributed by atoms with Gasteiger partial charge in [-0.15, -0.1) is 0 Å². The second-order valence-electron chi connectivity index (χ2n) is 6.83. The lowest BCUT2D eigenvalue weighted by molar-refractivity contribution is 0.477. The molecule has 3 rings (SSSR count). The zero-order valence-electron chi connectivity index (χ0n) is 15.0. The van der Waals surface area contributed by atoms with Crippen molar-refractivity contribution < 1.29 is 9.50 Å². The summed E-state index contributed by atoms with van der Waals surface area (Å²) < 4.78 is 14.3. The maximum Gasteiger partial charge on any atom is 0.131 e. The van der Waals surface area contributed by atoms with Crippen LogP contribution in [0.2, 0.25) is 5.02 Å². The van der Waals surface area contributed by atoms with Gasteiger partial charge in [-0.1, -0.05) is 55.3 Å². The standard InChI is InChI=1S/C22H21ClFNO/c1-12(2)17-8-15(9-20(23)21(17)25)19-11-16(24)10-18(22(19)26)14-6-4-5-13(3)7-14/h4-12,26H,25H2,1-3H3. The molecule has 0 aliphatic rings. The summed E-state index contributed by atoms with van der Waals surface area (Å²) in [7, 11) is 0. The van der Waals surface area contributed by atoms with Crippen molar-refractivity contribution in [3.63, 3.8) is 0 Å². The van der Waals surface area contributed by atoms with E-state index in [0.29, 0.717) is 27.4 Å². The quantitative estimate of drug-likeness (QED) is 0.515. The van der Waals surface area contributed by atoms with E-state index in [4.69, 9.17) is 17.3 Å². The number of aromatic hydroxyl groups is 1. The number of phenolic OH excluding ortho intramolecular Hbond substituents is 1. The highest BCUT2D eigenvalue weighted by atomic mass is 35.5. The largest absolute Gasteiger partial charge is 0.507 e. The van der Waals surface area contributed by atoms with E-state index >= 15 is 0 Å². The molecule has 3 N–H and O–H groups in total. The minimum atomic E-state index is -0.423. The fourth-order valence-electron chi connectivity index (χ4n) is 3.12. The number of halogens is 2. The highest BCUT2D eigenvalue weighted by Gasteiger charge is 2.17. The van der Waals surface area contributed by atoms with Crippen LogP contribution in [0.15, 0.2) is 48.5 Å². The molecule has 0 unspecified atom stereocenters. The predicted octanol–water partition coefficient (Wildman–Crippen LogP) is 6.53. The Labute approximate surface area is 158 Å². The number of nitrogen functional groups attached to an aromatic ring is 1. The van der Waals surface area contributed by atoms with Crippen LogP contribution in [0.1, 0.15) is 30.9 Å². The van der Waals surface area contributed by atoms with Crippen LogP contribution in [-0.4, -0.2) is 5.11 Å². The van der Waals surface area contributed by atoms with Crippen molar-refractivity contribution in [3.05, 3.63) is 70.5 Å². The molecule has 0 heterocycles. The molecule has 3 aromatic rings. The van der Waals surface area contributed by atoms with Gasteiger partial charge in [0, 0.05) is 11.1 Å². The lowest BCUT2D eigenvalue weighted by atomic mass is 9.92. The zero-order chi connectivity index (χ0) is 19.0. The highest BCUT2D eigenvalue weighted by Crippen LogP contribution is 2.42. The number of phenols is 1. The molecule has 0 radical (unpaired) electrons. The van der Waals surface area contributed by atoms with Gasteiger partial charge in [-0.25, -0.2) is 4.39 Å². The van der Waals surface area contributed by atoms with Gasteiger partial charge < -0.3 is 10.8 Å². The molecule has 3 aromatic carbocycles. The monoisotopic (exact) mass is 369 g/mol. The van der Waals surface area contributed by atoms with Gasteiger partial charge in [0.1, 0.15) is 11.6 Å². The Morgan fingerprint density at radius 1 is 1.00 bits per heavy atom. The summed E-state index contributed by atoms with van der Waals surface area (Å²) in [6, 6.07) is 13.8. The molecule has 0 aromatic heterocycles. The van der Waals surface area contributed by atoms with Gasteiger partial charge in [0.25, 0.3) is 0 Å². The van der Waals surface area contributed by atoms with Crippen LogP contribution in [0, 0.1) is 12.7 Å². The smallest absolute Gasteiger partial charge is 0.131 e. The van der Waals surface area contributed by atoms with E-state index in [9.17, 15) is 9.50 Å². The highest BCUT2D eigenvalue weighted by molar-refractivity contribution is 6.33. The summed E-state index contributed by atoms with van der Waals surface area (Å²) in [6.07, 6.45) is 0. The minimum Gasteiger partial charge on any atom is -0.507 e. The Morgan fingerprint density at radius 2 is 1.65 bits per heavy atom. The molecule has 2 nitrogen and oxygen atoms in total. The van der Waals surface area contributed by atoms with Crippen LogP contribution < -0.4 is 5.73 Å². The molecule has 0 aliphatic heterocycles. The van der Waals surface area contributed by atoms with Crippen LogP contribution in [0.25, 0.3) is 22.3 Å². The minimum absolute atomic E-state index is 0.0209.